The van der Waals surface area contributed by atoms with Crippen molar-refractivity contribution < 1.29 is 9.53 Å². The standard InChI is InChI=1S/C16H25ClN2O2/c1-11(2)9-16(4,10-18)19-15(20)12(3)21-14-7-5-6-13(17)8-14/h5-8,11-12H,9-10,18H2,1-4H3,(H,19,20). The smallest absolute Gasteiger partial charge is 0.261 e. The molecule has 1 amide bonds. The van der Waals surface area contributed by atoms with Gasteiger partial charge in [0.15, 0.2) is 6.10 Å². The first-order chi connectivity index (χ1) is 9.75. The number of rotatable bonds is 7. The van der Waals surface area contributed by atoms with Crippen LogP contribution in [-0.2, 0) is 4.79 Å². The normalized spacial score (nSPS) is 15.4. The summed E-state index contributed by atoms with van der Waals surface area (Å²) in [6.07, 6.45) is 0.209. The minimum Gasteiger partial charge on any atom is -0.481 e. The second-order valence-electron chi connectivity index (χ2n) is 6.07. The first-order valence-electron chi connectivity index (χ1n) is 7.20. The van der Waals surface area contributed by atoms with E-state index in [1.165, 1.54) is 0 Å². The molecule has 0 heterocycles. The van der Waals surface area contributed by atoms with Crippen LogP contribution in [0.15, 0.2) is 24.3 Å². The van der Waals surface area contributed by atoms with Gasteiger partial charge >= 0.3 is 0 Å². The van der Waals surface area contributed by atoms with Gasteiger partial charge in [-0.05, 0) is 44.4 Å². The molecule has 21 heavy (non-hydrogen) atoms. The summed E-state index contributed by atoms with van der Waals surface area (Å²) in [5.41, 5.74) is 5.38. The van der Waals surface area contributed by atoms with Crippen LogP contribution in [0.4, 0.5) is 0 Å². The fourth-order valence-electron chi connectivity index (χ4n) is 2.28. The third-order valence-electron chi connectivity index (χ3n) is 3.21. The summed E-state index contributed by atoms with van der Waals surface area (Å²) in [4.78, 5) is 12.3. The van der Waals surface area contributed by atoms with Crippen LogP contribution in [0.2, 0.25) is 5.02 Å². The Morgan fingerprint density at radius 2 is 2.10 bits per heavy atom. The maximum Gasteiger partial charge on any atom is 0.261 e. The highest BCUT2D eigenvalue weighted by Gasteiger charge is 2.28. The van der Waals surface area contributed by atoms with Crippen molar-refractivity contribution in [3.8, 4) is 5.75 Å². The molecule has 4 nitrogen and oxygen atoms in total. The monoisotopic (exact) mass is 312 g/mol. The Labute approximate surface area is 132 Å². The molecule has 1 rings (SSSR count). The largest absolute Gasteiger partial charge is 0.481 e. The predicted octanol–water partition coefficient (Wildman–Crippen LogP) is 2.99. The highest BCUT2D eigenvalue weighted by atomic mass is 35.5. The number of carbonyl (C=O) groups is 1. The van der Waals surface area contributed by atoms with Gasteiger partial charge in [-0.3, -0.25) is 4.79 Å². The van der Waals surface area contributed by atoms with Gasteiger partial charge in [0.05, 0.1) is 0 Å². The van der Waals surface area contributed by atoms with Crippen LogP contribution in [0.1, 0.15) is 34.1 Å². The summed E-state index contributed by atoms with van der Waals surface area (Å²) in [5.74, 6) is 0.843. The van der Waals surface area contributed by atoms with Crippen molar-refractivity contribution in [1.29, 1.82) is 0 Å². The second kappa shape index (κ2) is 7.66. The lowest BCUT2D eigenvalue weighted by atomic mass is 9.90. The average molecular weight is 313 g/mol. The number of hydrogen-bond acceptors (Lipinski definition) is 3. The summed E-state index contributed by atoms with van der Waals surface area (Å²) in [6, 6.07) is 6.99. The zero-order chi connectivity index (χ0) is 16.0. The number of hydrogen-bond donors (Lipinski definition) is 2. The molecule has 2 atom stereocenters. The van der Waals surface area contributed by atoms with Gasteiger partial charge in [0.2, 0.25) is 0 Å². The van der Waals surface area contributed by atoms with Crippen LogP contribution < -0.4 is 15.8 Å². The zero-order valence-electron chi connectivity index (χ0n) is 13.2. The van der Waals surface area contributed by atoms with Crippen LogP contribution in [0.25, 0.3) is 0 Å². The summed E-state index contributed by atoms with van der Waals surface area (Å²) in [6.45, 7) is 8.26. The Hall–Kier alpha value is -1.26. The summed E-state index contributed by atoms with van der Waals surface area (Å²) in [7, 11) is 0. The molecule has 0 aromatic heterocycles. The summed E-state index contributed by atoms with van der Waals surface area (Å²) >= 11 is 5.90. The predicted molar refractivity (Wildman–Crippen MR) is 86.6 cm³/mol. The summed E-state index contributed by atoms with van der Waals surface area (Å²) < 4.78 is 5.62. The molecule has 3 N–H and O–H groups in total. The van der Waals surface area contributed by atoms with E-state index in [-0.39, 0.29) is 5.91 Å². The minimum atomic E-state index is -0.610. The van der Waals surface area contributed by atoms with Gasteiger partial charge in [-0.25, -0.2) is 0 Å². The maximum atomic E-state index is 12.3. The number of carbonyl (C=O) groups excluding carboxylic acids is 1. The third-order valence-corrected chi connectivity index (χ3v) is 3.45. The average Bonchev–Trinajstić information content (AvgIpc) is 2.37. The van der Waals surface area contributed by atoms with Crippen molar-refractivity contribution in [2.24, 2.45) is 11.7 Å². The molecular formula is C16H25ClN2O2. The SMILES string of the molecule is CC(C)CC(C)(CN)NC(=O)C(C)Oc1cccc(Cl)c1. The van der Waals surface area contributed by atoms with E-state index in [0.717, 1.165) is 6.42 Å². The molecule has 0 aliphatic heterocycles. The number of amides is 1. The van der Waals surface area contributed by atoms with Gasteiger partial charge in [-0.15, -0.1) is 0 Å². The highest BCUT2D eigenvalue weighted by molar-refractivity contribution is 6.30. The number of ether oxygens (including phenoxy) is 1. The van der Waals surface area contributed by atoms with Crippen molar-refractivity contribution >= 4 is 17.5 Å². The zero-order valence-corrected chi connectivity index (χ0v) is 13.9. The molecule has 0 fully saturated rings. The number of benzene rings is 1. The molecule has 0 radical (unpaired) electrons. The molecule has 0 aliphatic rings. The lowest BCUT2D eigenvalue weighted by Gasteiger charge is -2.32. The van der Waals surface area contributed by atoms with E-state index >= 15 is 0 Å². The number of halogens is 1. The third kappa shape index (κ3) is 5.94. The van der Waals surface area contributed by atoms with E-state index in [0.29, 0.717) is 23.2 Å². The molecule has 1 aromatic carbocycles. The molecule has 0 spiro atoms. The topological polar surface area (TPSA) is 64.3 Å². The van der Waals surface area contributed by atoms with Crippen molar-refractivity contribution in [3.63, 3.8) is 0 Å². The lowest BCUT2D eigenvalue weighted by molar-refractivity contribution is -0.129. The van der Waals surface area contributed by atoms with E-state index in [4.69, 9.17) is 22.1 Å². The van der Waals surface area contributed by atoms with Crippen LogP contribution in [-0.4, -0.2) is 24.1 Å². The molecule has 2 unspecified atom stereocenters. The van der Waals surface area contributed by atoms with Crippen molar-refractivity contribution in [2.75, 3.05) is 6.54 Å². The van der Waals surface area contributed by atoms with Gasteiger partial charge in [-0.1, -0.05) is 31.5 Å². The fraction of sp³-hybridized carbons (Fsp3) is 0.562. The number of nitrogens with one attached hydrogen (secondary N) is 1. The van der Waals surface area contributed by atoms with Crippen LogP contribution in [0.3, 0.4) is 0 Å². The van der Waals surface area contributed by atoms with Crippen molar-refractivity contribution in [3.05, 3.63) is 29.3 Å². The first kappa shape index (κ1) is 17.8. The lowest BCUT2D eigenvalue weighted by Crippen LogP contribution is -2.55. The van der Waals surface area contributed by atoms with E-state index in [1.807, 2.05) is 6.92 Å². The van der Waals surface area contributed by atoms with Gasteiger partial charge in [0.1, 0.15) is 5.75 Å². The molecule has 118 valence electrons. The Morgan fingerprint density at radius 3 is 2.62 bits per heavy atom. The van der Waals surface area contributed by atoms with Gasteiger partial charge < -0.3 is 15.8 Å². The van der Waals surface area contributed by atoms with Crippen molar-refractivity contribution in [1.82, 2.24) is 5.32 Å². The molecule has 5 heteroatoms. The van der Waals surface area contributed by atoms with E-state index < -0.39 is 11.6 Å². The summed E-state index contributed by atoms with van der Waals surface area (Å²) in [5, 5.41) is 3.56. The van der Waals surface area contributed by atoms with Gasteiger partial charge in [0, 0.05) is 17.1 Å². The van der Waals surface area contributed by atoms with E-state index in [2.05, 4.69) is 19.2 Å². The first-order valence-corrected chi connectivity index (χ1v) is 7.58. The van der Waals surface area contributed by atoms with E-state index in [1.54, 1.807) is 31.2 Å². The Balaban J connectivity index is 2.65. The molecule has 0 aliphatic carbocycles. The Kier molecular flexibility index (Phi) is 6.49. The molecule has 0 saturated heterocycles. The minimum absolute atomic E-state index is 0.177. The maximum absolute atomic E-state index is 12.3. The van der Waals surface area contributed by atoms with Crippen LogP contribution in [0.5, 0.6) is 5.75 Å². The highest BCUT2D eigenvalue weighted by Crippen LogP contribution is 2.19. The second-order valence-corrected chi connectivity index (χ2v) is 6.51. The Bertz CT molecular complexity index is 479. The molecule has 0 saturated carbocycles. The van der Waals surface area contributed by atoms with E-state index in [9.17, 15) is 4.79 Å². The van der Waals surface area contributed by atoms with Crippen molar-refractivity contribution in [2.45, 2.75) is 45.8 Å². The van der Waals surface area contributed by atoms with Crippen LogP contribution in [0, 0.1) is 5.92 Å². The molecule has 1 aromatic rings. The van der Waals surface area contributed by atoms with Gasteiger partial charge in [0.25, 0.3) is 5.91 Å². The Morgan fingerprint density at radius 1 is 1.43 bits per heavy atom. The van der Waals surface area contributed by atoms with Gasteiger partial charge in [-0.2, -0.15) is 0 Å². The van der Waals surface area contributed by atoms with Crippen LogP contribution >= 0.6 is 11.6 Å². The molecule has 0 bridgehead atoms. The molecular weight excluding hydrogens is 288 g/mol. The quantitative estimate of drug-likeness (QED) is 0.813. The number of nitrogens with two attached hydrogens (primary N) is 1. The fourth-order valence-corrected chi connectivity index (χ4v) is 2.46.